The average Bonchev–Trinajstić information content (AvgIpc) is 3.55. The molecular formula is C29H24FN3O5. The normalized spacial score (nSPS) is 16.7. The van der Waals surface area contributed by atoms with Gasteiger partial charge in [-0.25, -0.2) is 9.18 Å². The molecule has 1 fully saturated rings. The Morgan fingerprint density at radius 1 is 0.921 bits per heavy atom. The molecule has 2 N–H and O–H groups in total. The number of furan rings is 1. The van der Waals surface area contributed by atoms with E-state index in [9.17, 15) is 18.8 Å². The highest BCUT2D eigenvalue weighted by atomic mass is 19.1. The number of benzene rings is 3. The SMILES string of the molecule is Cc1ccc(CN2C(=O)O[C@H](c3ccc(NC(=O)c4ccco4)cc3)[C@H]2C(=O)Nc2cccc(F)c2)cc1. The molecule has 2 atom stereocenters. The summed E-state index contributed by atoms with van der Waals surface area (Å²) in [6.07, 6.45) is -0.175. The third-order valence-corrected chi connectivity index (χ3v) is 6.16. The molecule has 1 aliphatic rings. The standard InChI is InChI=1S/C29H24FN3O5/c1-18-7-9-19(10-8-18)17-33-25(28(35)32-23-5-2-4-21(30)16-23)26(38-29(33)36)20-11-13-22(14-12-20)31-27(34)24-6-3-15-37-24/h2-16,25-26H,17H2,1H3,(H,31,34)(H,32,35)/t25-,26+/m0/s1. The van der Waals surface area contributed by atoms with Gasteiger partial charge in [0.15, 0.2) is 17.9 Å². The van der Waals surface area contributed by atoms with E-state index in [0.717, 1.165) is 11.1 Å². The number of carbonyl (C=O) groups is 3. The van der Waals surface area contributed by atoms with Crippen molar-refractivity contribution in [3.8, 4) is 0 Å². The van der Waals surface area contributed by atoms with Crippen LogP contribution in [-0.4, -0.2) is 28.8 Å². The molecule has 4 aromatic rings. The van der Waals surface area contributed by atoms with E-state index in [4.69, 9.17) is 9.15 Å². The number of amides is 3. The predicted octanol–water partition coefficient (Wildman–Crippen LogP) is 5.68. The van der Waals surface area contributed by atoms with Crippen molar-refractivity contribution in [2.75, 3.05) is 10.6 Å². The fourth-order valence-corrected chi connectivity index (χ4v) is 4.24. The number of hydrogen-bond acceptors (Lipinski definition) is 5. The maximum Gasteiger partial charge on any atom is 0.411 e. The van der Waals surface area contributed by atoms with Crippen molar-refractivity contribution >= 4 is 29.3 Å². The van der Waals surface area contributed by atoms with Crippen LogP contribution in [-0.2, 0) is 16.1 Å². The molecular weight excluding hydrogens is 489 g/mol. The lowest BCUT2D eigenvalue weighted by molar-refractivity contribution is -0.121. The molecule has 9 heteroatoms. The molecule has 192 valence electrons. The summed E-state index contributed by atoms with van der Waals surface area (Å²) in [4.78, 5) is 40.1. The lowest BCUT2D eigenvalue weighted by Crippen LogP contribution is -2.43. The van der Waals surface area contributed by atoms with Crippen LogP contribution >= 0.6 is 0 Å². The molecule has 0 aliphatic carbocycles. The highest BCUT2D eigenvalue weighted by Crippen LogP contribution is 2.35. The van der Waals surface area contributed by atoms with Gasteiger partial charge in [0.25, 0.3) is 11.8 Å². The van der Waals surface area contributed by atoms with Crippen molar-refractivity contribution in [2.24, 2.45) is 0 Å². The first-order valence-electron chi connectivity index (χ1n) is 11.9. The Hall–Kier alpha value is -4.92. The summed E-state index contributed by atoms with van der Waals surface area (Å²) in [5.41, 5.74) is 3.21. The lowest BCUT2D eigenvalue weighted by Gasteiger charge is -2.24. The Morgan fingerprint density at radius 3 is 2.37 bits per heavy atom. The molecule has 1 aliphatic heterocycles. The Kier molecular flexibility index (Phi) is 6.90. The van der Waals surface area contributed by atoms with Gasteiger partial charge in [-0.05, 0) is 60.5 Å². The van der Waals surface area contributed by atoms with Gasteiger partial charge < -0.3 is 19.8 Å². The first kappa shape index (κ1) is 24.8. The Morgan fingerprint density at radius 2 is 1.68 bits per heavy atom. The molecule has 2 heterocycles. The summed E-state index contributed by atoms with van der Waals surface area (Å²) >= 11 is 0. The van der Waals surface area contributed by atoms with Crippen molar-refractivity contribution in [1.29, 1.82) is 0 Å². The molecule has 0 unspecified atom stereocenters. The largest absolute Gasteiger partial charge is 0.459 e. The molecule has 38 heavy (non-hydrogen) atoms. The van der Waals surface area contributed by atoms with Gasteiger partial charge >= 0.3 is 6.09 Å². The van der Waals surface area contributed by atoms with Crippen LogP contribution in [0.4, 0.5) is 20.6 Å². The van der Waals surface area contributed by atoms with Crippen LogP contribution in [0, 0.1) is 12.7 Å². The molecule has 3 amide bonds. The van der Waals surface area contributed by atoms with Gasteiger partial charge in [0.05, 0.1) is 12.8 Å². The van der Waals surface area contributed by atoms with Crippen LogP contribution < -0.4 is 10.6 Å². The monoisotopic (exact) mass is 513 g/mol. The summed E-state index contributed by atoms with van der Waals surface area (Å²) in [6.45, 7) is 2.11. The van der Waals surface area contributed by atoms with Crippen molar-refractivity contribution in [3.63, 3.8) is 0 Å². The molecule has 0 radical (unpaired) electrons. The molecule has 0 bridgehead atoms. The van der Waals surface area contributed by atoms with Gasteiger partial charge in [0, 0.05) is 11.4 Å². The van der Waals surface area contributed by atoms with Crippen LogP contribution in [0.5, 0.6) is 0 Å². The summed E-state index contributed by atoms with van der Waals surface area (Å²) in [5, 5.41) is 5.43. The second-order valence-electron chi connectivity index (χ2n) is 8.92. The molecule has 0 saturated carbocycles. The van der Waals surface area contributed by atoms with Gasteiger partial charge in [-0.1, -0.05) is 48.0 Å². The van der Waals surface area contributed by atoms with Gasteiger partial charge in [-0.3, -0.25) is 14.5 Å². The van der Waals surface area contributed by atoms with E-state index in [1.54, 1.807) is 42.5 Å². The van der Waals surface area contributed by atoms with Crippen molar-refractivity contribution < 1.29 is 27.9 Å². The van der Waals surface area contributed by atoms with Crippen molar-refractivity contribution in [1.82, 2.24) is 4.90 Å². The van der Waals surface area contributed by atoms with E-state index in [1.807, 2.05) is 31.2 Å². The van der Waals surface area contributed by atoms with E-state index < -0.39 is 35.9 Å². The zero-order valence-corrected chi connectivity index (χ0v) is 20.4. The number of rotatable bonds is 7. The number of nitrogens with one attached hydrogen (secondary N) is 2. The number of halogens is 1. The Labute approximate surface area is 218 Å². The first-order valence-corrected chi connectivity index (χ1v) is 11.9. The Balaban J connectivity index is 1.40. The highest BCUT2D eigenvalue weighted by molar-refractivity contribution is 6.02. The second-order valence-corrected chi connectivity index (χ2v) is 8.92. The lowest BCUT2D eigenvalue weighted by atomic mass is 10.00. The van der Waals surface area contributed by atoms with Crippen LogP contribution in [0.15, 0.2) is 95.6 Å². The minimum Gasteiger partial charge on any atom is -0.459 e. The predicted molar refractivity (Wildman–Crippen MR) is 138 cm³/mol. The van der Waals surface area contributed by atoms with Crippen LogP contribution in [0.1, 0.15) is 33.3 Å². The second kappa shape index (κ2) is 10.6. The number of nitrogens with zero attached hydrogens (tertiary/aromatic N) is 1. The first-order chi connectivity index (χ1) is 18.4. The van der Waals surface area contributed by atoms with Crippen LogP contribution in [0.25, 0.3) is 0 Å². The zero-order chi connectivity index (χ0) is 26.6. The number of aryl methyl sites for hydroxylation is 1. The zero-order valence-electron chi connectivity index (χ0n) is 20.4. The quantitative estimate of drug-likeness (QED) is 0.331. The fraction of sp³-hybridized carbons (Fsp3) is 0.138. The smallest absolute Gasteiger partial charge is 0.411 e. The third kappa shape index (κ3) is 5.41. The maximum absolute atomic E-state index is 13.7. The third-order valence-electron chi connectivity index (χ3n) is 6.16. The maximum atomic E-state index is 13.7. The summed E-state index contributed by atoms with van der Waals surface area (Å²) in [7, 11) is 0. The molecule has 3 aromatic carbocycles. The molecule has 1 aromatic heterocycles. The number of carbonyl (C=O) groups excluding carboxylic acids is 3. The van der Waals surface area contributed by atoms with Gasteiger partial charge in [-0.2, -0.15) is 0 Å². The summed E-state index contributed by atoms with van der Waals surface area (Å²) in [5.74, 6) is -1.26. The number of anilines is 2. The van der Waals surface area contributed by atoms with Gasteiger partial charge in [-0.15, -0.1) is 0 Å². The molecule has 5 rings (SSSR count). The minimum atomic E-state index is -1.03. The molecule has 8 nitrogen and oxygen atoms in total. The minimum absolute atomic E-state index is 0.147. The van der Waals surface area contributed by atoms with Crippen LogP contribution in [0.3, 0.4) is 0 Å². The van der Waals surface area contributed by atoms with Crippen molar-refractivity contribution in [3.05, 3.63) is 119 Å². The number of ether oxygens (including phenoxy) is 1. The van der Waals surface area contributed by atoms with E-state index in [2.05, 4.69) is 10.6 Å². The fourth-order valence-electron chi connectivity index (χ4n) is 4.24. The topological polar surface area (TPSA) is 101 Å². The van der Waals surface area contributed by atoms with Crippen molar-refractivity contribution in [2.45, 2.75) is 25.6 Å². The van der Waals surface area contributed by atoms with E-state index >= 15 is 0 Å². The average molecular weight is 514 g/mol. The van der Waals surface area contributed by atoms with Crippen LogP contribution in [0.2, 0.25) is 0 Å². The Bertz CT molecular complexity index is 1450. The summed E-state index contributed by atoms with van der Waals surface area (Å²) in [6, 6.07) is 21.9. The number of hydrogen-bond donors (Lipinski definition) is 2. The molecule has 1 saturated heterocycles. The highest BCUT2D eigenvalue weighted by Gasteiger charge is 2.47. The number of cyclic esters (lactones) is 1. The van der Waals surface area contributed by atoms with Gasteiger partial charge in [0.1, 0.15) is 5.82 Å². The summed E-state index contributed by atoms with van der Waals surface area (Å²) < 4.78 is 24.5. The van der Waals surface area contributed by atoms with Gasteiger partial charge in [0.2, 0.25) is 0 Å². The van der Waals surface area contributed by atoms with E-state index in [-0.39, 0.29) is 18.0 Å². The molecule has 0 spiro atoms. The van der Waals surface area contributed by atoms with E-state index in [0.29, 0.717) is 11.3 Å². The van der Waals surface area contributed by atoms with E-state index in [1.165, 1.54) is 29.4 Å².